The molecule has 0 radical (unpaired) electrons. The van der Waals surface area contributed by atoms with Gasteiger partial charge in [0.2, 0.25) is 0 Å². The van der Waals surface area contributed by atoms with E-state index >= 15 is 0 Å². The first-order valence-corrected chi connectivity index (χ1v) is 7.37. The monoisotopic (exact) mass is 283 g/mol. The lowest BCUT2D eigenvalue weighted by Gasteiger charge is -2.34. The van der Waals surface area contributed by atoms with Crippen LogP contribution in [0.1, 0.15) is 37.6 Å². The number of nitrogens with zero attached hydrogens (tertiary/aromatic N) is 3. The molecular formula is C14H22ClN3O. The number of piperidine rings is 1. The fraction of sp³-hybridized carbons (Fsp3) is 0.714. The third-order valence-electron chi connectivity index (χ3n) is 3.41. The fourth-order valence-corrected chi connectivity index (χ4v) is 2.65. The summed E-state index contributed by atoms with van der Waals surface area (Å²) in [7, 11) is 0. The van der Waals surface area contributed by atoms with E-state index in [-0.39, 0.29) is 0 Å². The molecule has 0 saturated carbocycles. The van der Waals surface area contributed by atoms with E-state index in [1.54, 1.807) is 0 Å². The molecule has 2 heterocycles. The molecule has 0 bridgehead atoms. The molecule has 0 spiro atoms. The molecule has 106 valence electrons. The summed E-state index contributed by atoms with van der Waals surface area (Å²) in [5, 5.41) is 0.555. The molecule has 1 aromatic heterocycles. The number of ether oxygens (including phenoxy) is 1. The first kappa shape index (κ1) is 14.5. The molecule has 0 aliphatic carbocycles. The van der Waals surface area contributed by atoms with E-state index in [1.165, 1.54) is 0 Å². The van der Waals surface area contributed by atoms with Crippen molar-refractivity contribution in [3.8, 4) is 0 Å². The molecule has 5 heteroatoms. The van der Waals surface area contributed by atoms with Crippen LogP contribution in [0.3, 0.4) is 0 Å². The van der Waals surface area contributed by atoms with Crippen LogP contribution in [0, 0.1) is 13.8 Å². The highest BCUT2D eigenvalue weighted by atomic mass is 35.5. The summed E-state index contributed by atoms with van der Waals surface area (Å²) in [6.45, 7) is 8.74. The van der Waals surface area contributed by atoms with Crippen molar-refractivity contribution in [1.82, 2.24) is 9.97 Å². The molecule has 0 aromatic carbocycles. The minimum absolute atomic E-state index is 0.308. The molecular weight excluding hydrogens is 262 g/mol. The van der Waals surface area contributed by atoms with Crippen LogP contribution >= 0.6 is 11.6 Å². The molecule has 0 N–H and O–H groups in total. The van der Waals surface area contributed by atoms with Crippen molar-refractivity contribution in [2.24, 2.45) is 0 Å². The van der Waals surface area contributed by atoms with Crippen LogP contribution in [0.5, 0.6) is 0 Å². The van der Waals surface area contributed by atoms with Crippen molar-refractivity contribution < 1.29 is 4.74 Å². The van der Waals surface area contributed by atoms with Crippen molar-refractivity contribution in [1.29, 1.82) is 0 Å². The molecule has 1 unspecified atom stereocenters. The van der Waals surface area contributed by atoms with Crippen molar-refractivity contribution in [3.63, 3.8) is 0 Å². The molecule has 1 fully saturated rings. The molecule has 19 heavy (non-hydrogen) atoms. The fourth-order valence-electron chi connectivity index (χ4n) is 2.44. The lowest BCUT2D eigenvalue weighted by molar-refractivity contribution is 0.0439. The van der Waals surface area contributed by atoms with Crippen molar-refractivity contribution in [3.05, 3.63) is 16.5 Å². The van der Waals surface area contributed by atoms with E-state index in [2.05, 4.69) is 21.8 Å². The van der Waals surface area contributed by atoms with Crippen LogP contribution in [0.4, 0.5) is 5.82 Å². The minimum atomic E-state index is 0.308. The van der Waals surface area contributed by atoms with Gasteiger partial charge in [-0.3, -0.25) is 0 Å². The quantitative estimate of drug-likeness (QED) is 0.796. The van der Waals surface area contributed by atoms with E-state index < -0.39 is 0 Å². The van der Waals surface area contributed by atoms with Gasteiger partial charge >= 0.3 is 0 Å². The topological polar surface area (TPSA) is 38.2 Å². The second-order valence-electron chi connectivity index (χ2n) is 5.09. The number of halogens is 1. The van der Waals surface area contributed by atoms with Crippen molar-refractivity contribution >= 4 is 17.4 Å². The molecule has 0 amide bonds. The van der Waals surface area contributed by atoms with Gasteiger partial charge in [0.1, 0.15) is 16.8 Å². The van der Waals surface area contributed by atoms with Crippen LogP contribution in [0.25, 0.3) is 0 Å². The Morgan fingerprint density at radius 3 is 2.89 bits per heavy atom. The van der Waals surface area contributed by atoms with E-state index in [9.17, 15) is 0 Å². The van der Waals surface area contributed by atoms with Gasteiger partial charge in [-0.1, -0.05) is 18.5 Å². The zero-order chi connectivity index (χ0) is 13.8. The molecule has 2 rings (SSSR count). The van der Waals surface area contributed by atoms with Crippen molar-refractivity contribution in [2.45, 2.75) is 46.1 Å². The van der Waals surface area contributed by atoms with E-state index in [0.717, 1.165) is 56.2 Å². The number of hydrogen-bond acceptors (Lipinski definition) is 4. The van der Waals surface area contributed by atoms with Crippen LogP contribution in [-0.4, -0.2) is 35.8 Å². The Morgan fingerprint density at radius 1 is 1.37 bits per heavy atom. The number of anilines is 1. The smallest absolute Gasteiger partial charge is 0.137 e. The minimum Gasteiger partial charge on any atom is -0.376 e. The predicted molar refractivity (Wildman–Crippen MR) is 78.0 cm³/mol. The van der Waals surface area contributed by atoms with Gasteiger partial charge in [-0.25, -0.2) is 9.97 Å². The zero-order valence-electron chi connectivity index (χ0n) is 11.9. The normalized spacial score (nSPS) is 19.8. The van der Waals surface area contributed by atoms with Crippen LogP contribution in [0.2, 0.25) is 5.15 Å². The average Bonchev–Trinajstić information content (AvgIpc) is 2.41. The van der Waals surface area contributed by atoms with Crippen LogP contribution in [-0.2, 0) is 4.74 Å². The van der Waals surface area contributed by atoms with Gasteiger partial charge < -0.3 is 9.64 Å². The standard InChI is InChI=1S/C14H22ClN3O/c1-4-8-19-12-6-5-7-18(9-12)14-10(2)13(15)16-11(3)17-14/h12H,4-9H2,1-3H3. The van der Waals surface area contributed by atoms with E-state index in [4.69, 9.17) is 16.3 Å². The summed E-state index contributed by atoms with van der Waals surface area (Å²) >= 11 is 6.15. The highest BCUT2D eigenvalue weighted by Crippen LogP contribution is 2.26. The molecule has 1 aliphatic heterocycles. The van der Waals surface area contributed by atoms with Gasteiger partial charge in [0.05, 0.1) is 6.10 Å². The summed E-state index contributed by atoms with van der Waals surface area (Å²) < 4.78 is 5.87. The Labute approximate surface area is 120 Å². The Bertz CT molecular complexity index is 439. The summed E-state index contributed by atoms with van der Waals surface area (Å²) in [5.41, 5.74) is 0.961. The second-order valence-corrected chi connectivity index (χ2v) is 5.45. The highest BCUT2D eigenvalue weighted by Gasteiger charge is 2.23. The van der Waals surface area contributed by atoms with Gasteiger partial charge in [-0.15, -0.1) is 0 Å². The van der Waals surface area contributed by atoms with Gasteiger partial charge in [-0.2, -0.15) is 0 Å². The summed E-state index contributed by atoms with van der Waals surface area (Å²) in [6, 6.07) is 0. The van der Waals surface area contributed by atoms with Gasteiger partial charge in [0.15, 0.2) is 0 Å². The van der Waals surface area contributed by atoms with E-state index in [1.807, 2.05) is 13.8 Å². The number of rotatable bonds is 4. The first-order valence-electron chi connectivity index (χ1n) is 6.99. The molecule has 1 atom stereocenters. The summed E-state index contributed by atoms with van der Waals surface area (Å²) in [5.74, 6) is 1.68. The van der Waals surface area contributed by atoms with Crippen LogP contribution in [0.15, 0.2) is 0 Å². The Kier molecular flexibility index (Phi) is 4.99. The Hall–Kier alpha value is -0.870. The predicted octanol–water partition coefficient (Wildman–Crippen LogP) is 3.14. The SMILES string of the molecule is CCCOC1CCCN(c2nc(C)nc(Cl)c2C)C1. The lowest BCUT2D eigenvalue weighted by atomic mass is 10.1. The molecule has 4 nitrogen and oxygen atoms in total. The first-order chi connectivity index (χ1) is 9.11. The van der Waals surface area contributed by atoms with E-state index in [0.29, 0.717) is 11.3 Å². The zero-order valence-corrected chi connectivity index (χ0v) is 12.7. The van der Waals surface area contributed by atoms with Gasteiger partial charge in [0.25, 0.3) is 0 Å². The summed E-state index contributed by atoms with van der Waals surface area (Å²) in [4.78, 5) is 11.0. The van der Waals surface area contributed by atoms with Crippen LogP contribution < -0.4 is 4.90 Å². The average molecular weight is 284 g/mol. The third kappa shape index (κ3) is 3.57. The Morgan fingerprint density at radius 2 is 2.16 bits per heavy atom. The molecule has 1 saturated heterocycles. The maximum atomic E-state index is 6.15. The number of aromatic nitrogens is 2. The third-order valence-corrected chi connectivity index (χ3v) is 3.78. The lowest BCUT2D eigenvalue weighted by Crippen LogP contribution is -2.40. The highest BCUT2D eigenvalue weighted by molar-refractivity contribution is 6.30. The molecule has 1 aromatic rings. The maximum absolute atomic E-state index is 6.15. The maximum Gasteiger partial charge on any atom is 0.137 e. The number of aryl methyl sites for hydroxylation is 1. The second kappa shape index (κ2) is 6.53. The van der Waals surface area contributed by atoms with Gasteiger partial charge in [-0.05, 0) is 33.1 Å². The largest absolute Gasteiger partial charge is 0.376 e. The van der Waals surface area contributed by atoms with Gasteiger partial charge in [0, 0.05) is 25.3 Å². The number of hydrogen-bond donors (Lipinski definition) is 0. The Balaban J connectivity index is 2.13. The summed E-state index contributed by atoms with van der Waals surface area (Å²) in [6.07, 6.45) is 3.64. The molecule has 1 aliphatic rings. The van der Waals surface area contributed by atoms with Crippen molar-refractivity contribution in [2.75, 3.05) is 24.6 Å².